The van der Waals surface area contributed by atoms with Crippen LogP contribution in [0.2, 0.25) is 0 Å². The molecule has 2 aliphatic rings. The Morgan fingerprint density at radius 1 is 1.10 bits per heavy atom. The summed E-state index contributed by atoms with van der Waals surface area (Å²) in [7, 11) is -0.861. The minimum Gasteiger partial charge on any atom is -0.337 e. The zero-order chi connectivity index (χ0) is 14.6. The molecule has 20 heavy (non-hydrogen) atoms. The van der Waals surface area contributed by atoms with Crippen molar-refractivity contribution in [2.45, 2.75) is 45.4 Å². The summed E-state index contributed by atoms with van der Waals surface area (Å²) in [6.45, 7) is 5.24. The van der Waals surface area contributed by atoms with Gasteiger partial charge < -0.3 is 4.90 Å². The Balaban J connectivity index is 1.73. The van der Waals surface area contributed by atoms with Crippen molar-refractivity contribution in [3.8, 4) is 0 Å². The van der Waals surface area contributed by atoms with Crippen LogP contribution in [0.5, 0.6) is 0 Å². The van der Waals surface area contributed by atoms with E-state index in [0.717, 1.165) is 25.7 Å². The summed E-state index contributed by atoms with van der Waals surface area (Å²) in [5, 5.41) is 0. The van der Waals surface area contributed by atoms with Gasteiger partial charge in [0.05, 0.1) is 25.9 Å². The Hall–Kier alpha value is -0.130. The van der Waals surface area contributed by atoms with Gasteiger partial charge in [-0.3, -0.25) is 0 Å². The molecule has 4 nitrogen and oxygen atoms in total. The topological polar surface area (TPSA) is 50.6 Å². The van der Waals surface area contributed by atoms with E-state index < -0.39 is 10.0 Å². The lowest BCUT2D eigenvalue weighted by Gasteiger charge is -2.28. The summed E-state index contributed by atoms with van der Waals surface area (Å²) < 4.78 is 27.3. The first-order valence-corrected chi connectivity index (χ1v) is 9.88. The molecule has 1 aliphatic heterocycles. The molecule has 5 heteroatoms. The van der Waals surface area contributed by atoms with Gasteiger partial charge in [-0.25, -0.2) is 13.1 Å². The van der Waals surface area contributed by atoms with Gasteiger partial charge in [-0.1, -0.05) is 19.8 Å². The summed E-state index contributed by atoms with van der Waals surface area (Å²) in [6.07, 6.45) is 6.92. The molecule has 2 rings (SSSR count). The molecule has 0 amide bonds. The van der Waals surface area contributed by atoms with Crippen molar-refractivity contribution >= 4 is 10.0 Å². The largest absolute Gasteiger partial charge is 0.337 e. The van der Waals surface area contributed by atoms with Gasteiger partial charge in [0, 0.05) is 19.4 Å². The normalized spacial score (nSPS) is 35.9. The zero-order valence-electron chi connectivity index (χ0n) is 13.0. The Kier molecular flexibility index (Phi) is 5.87. The van der Waals surface area contributed by atoms with E-state index in [-0.39, 0.29) is 0 Å². The third-order valence-corrected chi connectivity index (χ3v) is 6.57. The number of rotatable bonds is 5. The van der Waals surface area contributed by atoms with Crippen molar-refractivity contribution in [2.24, 2.45) is 17.8 Å². The monoisotopic (exact) mass is 303 g/mol. The van der Waals surface area contributed by atoms with E-state index in [9.17, 15) is 8.42 Å². The maximum Gasteiger partial charge on any atom is 0.211 e. The van der Waals surface area contributed by atoms with E-state index in [1.165, 1.54) is 25.9 Å². The third-order valence-electron chi connectivity index (χ3n) is 5.05. The standard InChI is InChI=1S/C15H30N2O2S/c1-13-4-3-5-15(10-13)12-20(18,19)16-11-14-6-8-17(2)9-7-14/h13-16H,3-12H2,1-2H3/p+1. The van der Waals surface area contributed by atoms with Crippen LogP contribution < -0.4 is 9.62 Å². The van der Waals surface area contributed by atoms with Gasteiger partial charge in [-0.2, -0.15) is 0 Å². The summed E-state index contributed by atoms with van der Waals surface area (Å²) in [6, 6.07) is 0. The van der Waals surface area contributed by atoms with E-state index in [1.807, 2.05) is 0 Å². The van der Waals surface area contributed by atoms with Crippen LogP contribution in [0.1, 0.15) is 45.4 Å². The lowest BCUT2D eigenvalue weighted by molar-refractivity contribution is -0.885. The van der Waals surface area contributed by atoms with Gasteiger partial charge in [0.15, 0.2) is 0 Å². The third kappa shape index (κ3) is 5.34. The van der Waals surface area contributed by atoms with E-state index in [2.05, 4.69) is 18.7 Å². The molecule has 118 valence electrons. The van der Waals surface area contributed by atoms with Crippen molar-refractivity contribution < 1.29 is 13.3 Å². The molecule has 0 radical (unpaired) electrons. The second-order valence-electron chi connectivity index (χ2n) is 7.17. The highest BCUT2D eigenvalue weighted by atomic mass is 32.2. The molecule has 2 unspecified atom stereocenters. The highest BCUT2D eigenvalue weighted by Gasteiger charge is 2.26. The fourth-order valence-corrected chi connectivity index (χ4v) is 5.23. The molecule has 0 aromatic carbocycles. The van der Waals surface area contributed by atoms with Gasteiger partial charge in [0.25, 0.3) is 0 Å². The summed E-state index contributed by atoms with van der Waals surface area (Å²) >= 11 is 0. The molecule has 2 atom stereocenters. The summed E-state index contributed by atoms with van der Waals surface area (Å²) in [5.41, 5.74) is 0. The Bertz CT molecular complexity index is 389. The van der Waals surface area contributed by atoms with Gasteiger partial charge in [0.1, 0.15) is 0 Å². The van der Waals surface area contributed by atoms with E-state index >= 15 is 0 Å². The Morgan fingerprint density at radius 3 is 2.45 bits per heavy atom. The molecular formula is C15H31N2O2S+. The lowest BCUT2D eigenvalue weighted by atomic mass is 9.83. The van der Waals surface area contributed by atoms with E-state index in [0.29, 0.717) is 30.1 Å². The van der Waals surface area contributed by atoms with Crippen LogP contribution in [0.25, 0.3) is 0 Å². The highest BCUT2D eigenvalue weighted by molar-refractivity contribution is 7.89. The van der Waals surface area contributed by atoms with Gasteiger partial charge >= 0.3 is 0 Å². The van der Waals surface area contributed by atoms with Crippen LogP contribution in [0.3, 0.4) is 0 Å². The fraction of sp³-hybridized carbons (Fsp3) is 1.00. The molecular weight excluding hydrogens is 272 g/mol. The Morgan fingerprint density at radius 2 is 1.80 bits per heavy atom. The zero-order valence-corrected chi connectivity index (χ0v) is 13.8. The minimum atomic E-state index is -3.07. The number of sulfonamides is 1. The first-order valence-electron chi connectivity index (χ1n) is 8.23. The number of piperidine rings is 1. The molecule has 0 bridgehead atoms. The number of likely N-dealkylation sites (tertiary alicyclic amines) is 1. The maximum absolute atomic E-state index is 12.2. The first-order chi connectivity index (χ1) is 9.44. The average molecular weight is 303 g/mol. The molecule has 2 N–H and O–H groups in total. The van der Waals surface area contributed by atoms with E-state index in [4.69, 9.17) is 0 Å². The fourth-order valence-electron chi connectivity index (χ4n) is 3.70. The molecule has 2 fully saturated rings. The van der Waals surface area contributed by atoms with Crippen LogP contribution in [0.4, 0.5) is 0 Å². The van der Waals surface area contributed by atoms with E-state index in [1.54, 1.807) is 4.90 Å². The molecule has 0 spiro atoms. The number of hydrogen-bond donors (Lipinski definition) is 2. The molecule has 1 aliphatic carbocycles. The molecule has 0 aromatic heterocycles. The molecule has 1 saturated carbocycles. The summed E-state index contributed by atoms with van der Waals surface area (Å²) in [5.74, 6) is 1.95. The highest BCUT2D eigenvalue weighted by Crippen LogP contribution is 2.29. The summed E-state index contributed by atoms with van der Waals surface area (Å²) in [4.78, 5) is 1.57. The predicted molar refractivity (Wildman–Crippen MR) is 82.3 cm³/mol. The number of hydrogen-bond acceptors (Lipinski definition) is 2. The van der Waals surface area contributed by atoms with Crippen molar-refractivity contribution in [3.63, 3.8) is 0 Å². The smallest absolute Gasteiger partial charge is 0.211 e. The van der Waals surface area contributed by atoms with Crippen molar-refractivity contribution in [2.75, 3.05) is 32.4 Å². The molecule has 1 saturated heterocycles. The Labute approximate surface area is 124 Å². The van der Waals surface area contributed by atoms with Crippen molar-refractivity contribution in [1.82, 2.24) is 4.72 Å². The van der Waals surface area contributed by atoms with Crippen LogP contribution in [0, 0.1) is 17.8 Å². The average Bonchev–Trinajstić information content (AvgIpc) is 2.37. The second-order valence-corrected chi connectivity index (χ2v) is 9.02. The minimum absolute atomic E-state index is 0.342. The molecule has 1 heterocycles. The quantitative estimate of drug-likeness (QED) is 0.784. The second kappa shape index (κ2) is 7.23. The van der Waals surface area contributed by atoms with Gasteiger partial charge in [-0.05, 0) is 30.6 Å². The SMILES string of the molecule is CC1CCCC(CS(=O)(=O)NCC2CC[NH+](C)CC2)C1. The van der Waals surface area contributed by atoms with Gasteiger partial charge in [-0.15, -0.1) is 0 Å². The van der Waals surface area contributed by atoms with Crippen LogP contribution in [0.15, 0.2) is 0 Å². The number of nitrogens with one attached hydrogen (secondary N) is 2. The van der Waals surface area contributed by atoms with Crippen molar-refractivity contribution in [3.05, 3.63) is 0 Å². The number of quaternary nitrogens is 1. The molecule has 0 aromatic rings. The maximum atomic E-state index is 12.2. The van der Waals surface area contributed by atoms with Crippen LogP contribution in [-0.2, 0) is 10.0 Å². The predicted octanol–water partition coefficient (Wildman–Crippen LogP) is 0.657. The van der Waals surface area contributed by atoms with Crippen LogP contribution in [-0.4, -0.2) is 40.9 Å². The van der Waals surface area contributed by atoms with Gasteiger partial charge in [0.2, 0.25) is 10.0 Å². The first kappa shape index (κ1) is 16.2. The lowest BCUT2D eigenvalue weighted by Crippen LogP contribution is -3.10. The van der Waals surface area contributed by atoms with Crippen molar-refractivity contribution in [1.29, 1.82) is 0 Å². The van der Waals surface area contributed by atoms with Crippen LogP contribution >= 0.6 is 0 Å².